The molecule has 0 saturated carbocycles. The summed E-state index contributed by atoms with van der Waals surface area (Å²) in [4.78, 5) is 34.9. The molecule has 1 aromatic carbocycles. The van der Waals surface area contributed by atoms with Crippen LogP contribution in [0.3, 0.4) is 0 Å². The van der Waals surface area contributed by atoms with Crippen LogP contribution in [0.15, 0.2) is 36.5 Å². The largest absolute Gasteiger partial charge is 0.493 e. The van der Waals surface area contributed by atoms with Gasteiger partial charge in [0, 0.05) is 43.5 Å². The second kappa shape index (κ2) is 13.6. The van der Waals surface area contributed by atoms with Gasteiger partial charge in [0.1, 0.15) is 0 Å². The first-order valence-corrected chi connectivity index (χ1v) is 14.1. The van der Waals surface area contributed by atoms with E-state index in [0.717, 1.165) is 50.0 Å². The molecule has 3 atom stereocenters. The van der Waals surface area contributed by atoms with E-state index < -0.39 is 11.9 Å². The summed E-state index contributed by atoms with van der Waals surface area (Å²) in [6.07, 6.45) is 6.91. The van der Waals surface area contributed by atoms with E-state index in [1.165, 1.54) is 0 Å². The topological polar surface area (TPSA) is 101 Å². The Morgan fingerprint density at radius 1 is 1.15 bits per heavy atom. The number of rotatable bonds is 14. The van der Waals surface area contributed by atoms with Crippen LogP contribution >= 0.6 is 0 Å². The van der Waals surface area contributed by atoms with Crippen molar-refractivity contribution in [3.05, 3.63) is 47.8 Å². The standard InChI is InChI=1S/C30H41N3O6/c1-4-6-14-32(15-7-5-2)27(34)19-33-18-23(21-16-25(37-3)29-26(17-21)38-20-39-29)28(30(35)36)24(33)12-11-22-10-8-9-13-31-22/h8-10,13,16-17,23-24,28H,4-7,11-12,14-15,18-20H2,1-3H3,(H,35,36)/t23-,24-,28+/m1/s1. The number of aryl methyl sites for hydroxylation is 1. The third-order valence-electron chi connectivity index (χ3n) is 7.82. The molecule has 1 N–H and O–H groups in total. The molecule has 2 aliphatic rings. The van der Waals surface area contributed by atoms with Crippen molar-refractivity contribution in [1.82, 2.24) is 14.8 Å². The van der Waals surface area contributed by atoms with E-state index in [9.17, 15) is 14.7 Å². The van der Waals surface area contributed by atoms with Crippen LogP contribution < -0.4 is 14.2 Å². The lowest BCUT2D eigenvalue weighted by molar-refractivity contribution is -0.143. The number of amides is 1. The van der Waals surface area contributed by atoms with Gasteiger partial charge in [-0.25, -0.2) is 0 Å². The number of benzene rings is 1. The van der Waals surface area contributed by atoms with E-state index in [0.29, 0.717) is 36.6 Å². The van der Waals surface area contributed by atoms with Crippen LogP contribution in [0.4, 0.5) is 0 Å². The van der Waals surface area contributed by atoms with Gasteiger partial charge < -0.3 is 24.2 Å². The molecule has 1 saturated heterocycles. The van der Waals surface area contributed by atoms with Gasteiger partial charge in [0.15, 0.2) is 11.5 Å². The fourth-order valence-corrected chi connectivity index (χ4v) is 5.73. The third kappa shape index (κ3) is 6.82. The molecule has 212 valence electrons. The first kappa shape index (κ1) is 28.7. The molecule has 0 spiro atoms. The Balaban J connectivity index is 1.63. The van der Waals surface area contributed by atoms with Crippen molar-refractivity contribution >= 4 is 11.9 Å². The fraction of sp³-hybridized carbons (Fsp3) is 0.567. The van der Waals surface area contributed by atoms with Crippen molar-refractivity contribution in [3.63, 3.8) is 0 Å². The Hall–Kier alpha value is -3.33. The van der Waals surface area contributed by atoms with Crippen LogP contribution in [0.5, 0.6) is 17.2 Å². The summed E-state index contributed by atoms with van der Waals surface area (Å²) >= 11 is 0. The van der Waals surface area contributed by atoms with E-state index in [4.69, 9.17) is 14.2 Å². The van der Waals surface area contributed by atoms with Gasteiger partial charge in [-0.1, -0.05) is 32.8 Å². The molecule has 1 fully saturated rings. The van der Waals surface area contributed by atoms with Gasteiger partial charge in [-0.15, -0.1) is 0 Å². The summed E-state index contributed by atoms with van der Waals surface area (Å²) in [5.74, 6) is -0.239. The minimum absolute atomic E-state index is 0.0628. The lowest BCUT2D eigenvalue weighted by Gasteiger charge is -2.29. The molecular formula is C30H41N3O6. The lowest BCUT2D eigenvalue weighted by Crippen LogP contribution is -2.44. The summed E-state index contributed by atoms with van der Waals surface area (Å²) < 4.78 is 16.7. The molecule has 1 aromatic heterocycles. The number of methoxy groups -OCH3 is 1. The van der Waals surface area contributed by atoms with Crippen LogP contribution in [0.2, 0.25) is 0 Å². The van der Waals surface area contributed by atoms with E-state index in [1.807, 2.05) is 35.2 Å². The maximum Gasteiger partial charge on any atom is 0.308 e. The zero-order chi connectivity index (χ0) is 27.8. The van der Waals surface area contributed by atoms with Gasteiger partial charge in [-0.3, -0.25) is 19.5 Å². The summed E-state index contributed by atoms with van der Waals surface area (Å²) in [5, 5.41) is 10.5. The maximum atomic E-state index is 13.6. The molecule has 39 heavy (non-hydrogen) atoms. The van der Waals surface area contributed by atoms with Gasteiger partial charge in [-0.05, 0) is 55.5 Å². The molecular weight excluding hydrogens is 498 g/mol. The predicted molar refractivity (Wildman–Crippen MR) is 147 cm³/mol. The van der Waals surface area contributed by atoms with E-state index in [-0.39, 0.29) is 31.2 Å². The molecule has 2 aliphatic heterocycles. The SMILES string of the molecule is CCCCN(CCCC)C(=O)CN1C[C@H](c2cc(OC)c3c(c2)OCO3)[C@H](C(=O)O)[C@H]1CCc1ccccn1. The lowest BCUT2D eigenvalue weighted by atomic mass is 9.83. The molecule has 0 radical (unpaired) electrons. The number of unbranched alkanes of at least 4 members (excludes halogenated alkanes) is 2. The maximum absolute atomic E-state index is 13.6. The quantitative estimate of drug-likeness (QED) is 0.378. The monoisotopic (exact) mass is 539 g/mol. The van der Waals surface area contributed by atoms with E-state index >= 15 is 0 Å². The number of carboxylic acids is 1. The van der Waals surface area contributed by atoms with Gasteiger partial charge in [0.25, 0.3) is 0 Å². The number of hydrogen-bond donors (Lipinski definition) is 1. The minimum atomic E-state index is -0.869. The smallest absolute Gasteiger partial charge is 0.308 e. The van der Waals surface area contributed by atoms with Crippen molar-refractivity contribution < 1.29 is 28.9 Å². The van der Waals surface area contributed by atoms with E-state index in [2.05, 4.69) is 23.7 Å². The number of aliphatic carboxylic acids is 1. The second-order valence-electron chi connectivity index (χ2n) is 10.4. The van der Waals surface area contributed by atoms with Crippen molar-refractivity contribution in [2.75, 3.05) is 40.1 Å². The fourth-order valence-electron chi connectivity index (χ4n) is 5.73. The first-order valence-electron chi connectivity index (χ1n) is 14.1. The number of pyridine rings is 1. The second-order valence-corrected chi connectivity index (χ2v) is 10.4. The molecule has 9 heteroatoms. The zero-order valence-corrected chi connectivity index (χ0v) is 23.3. The average Bonchev–Trinajstić information content (AvgIpc) is 3.56. The highest BCUT2D eigenvalue weighted by Crippen LogP contribution is 2.47. The van der Waals surface area contributed by atoms with Gasteiger partial charge >= 0.3 is 5.97 Å². The molecule has 9 nitrogen and oxygen atoms in total. The number of carboxylic acid groups (broad SMARTS) is 1. The van der Waals surface area contributed by atoms with Gasteiger partial charge in [0.05, 0.1) is 19.6 Å². The number of hydrogen-bond acceptors (Lipinski definition) is 7. The van der Waals surface area contributed by atoms with Crippen molar-refractivity contribution in [2.45, 2.75) is 64.3 Å². The Labute approximate surface area is 231 Å². The highest BCUT2D eigenvalue weighted by molar-refractivity contribution is 5.79. The van der Waals surface area contributed by atoms with Crippen LogP contribution in [0.25, 0.3) is 0 Å². The number of likely N-dealkylation sites (tertiary alicyclic amines) is 1. The average molecular weight is 540 g/mol. The van der Waals surface area contributed by atoms with Gasteiger partial charge in [-0.2, -0.15) is 0 Å². The number of aromatic nitrogens is 1. The zero-order valence-electron chi connectivity index (χ0n) is 23.3. The molecule has 0 unspecified atom stereocenters. The van der Waals surface area contributed by atoms with Crippen LogP contribution in [-0.4, -0.2) is 77.9 Å². The number of fused-ring (bicyclic) bond motifs is 1. The number of nitrogens with zero attached hydrogens (tertiary/aromatic N) is 3. The molecule has 0 bridgehead atoms. The minimum Gasteiger partial charge on any atom is -0.493 e. The van der Waals surface area contributed by atoms with Crippen LogP contribution in [0, 0.1) is 5.92 Å². The Kier molecular flexibility index (Phi) is 10.0. The molecule has 4 rings (SSSR count). The number of carbonyl (C=O) groups is 2. The first-order chi connectivity index (χ1) is 19.0. The highest BCUT2D eigenvalue weighted by Gasteiger charge is 2.47. The summed E-state index contributed by atoms with van der Waals surface area (Å²) in [6.45, 7) is 6.45. The molecule has 1 amide bonds. The third-order valence-corrected chi connectivity index (χ3v) is 7.82. The van der Waals surface area contributed by atoms with Crippen LogP contribution in [0.1, 0.15) is 63.1 Å². The summed E-state index contributed by atoms with van der Waals surface area (Å²) in [5.41, 5.74) is 1.73. The van der Waals surface area contributed by atoms with Crippen molar-refractivity contribution in [1.29, 1.82) is 0 Å². The highest BCUT2D eigenvalue weighted by atomic mass is 16.7. The van der Waals surface area contributed by atoms with Gasteiger partial charge in [0.2, 0.25) is 18.4 Å². The Morgan fingerprint density at radius 3 is 2.56 bits per heavy atom. The normalized spacial score (nSPS) is 20.2. The molecule has 3 heterocycles. The number of ether oxygens (including phenoxy) is 3. The Morgan fingerprint density at radius 2 is 1.92 bits per heavy atom. The Bertz CT molecular complexity index is 1100. The van der Waals surface area contributed by atoms with Crippen LogP contribution in [-0.2, 0) is 16.0 Å². The predicted octanol–water partition coefficient (Wildman–Crippen LogP) is 4.35. The molecule has 2 aromatic rings. The summed E-state index contributed by atoms with van der Waals surface area (Å²) in [6, 6.07) is 9.15. The van der Waals surface area contributed by atoms with E-state index in [1.54, 1.807) is 13.3 Å². The molecule has 0 aliphatic carbocycles. The van der Waals surface area contributed by atoms with Crippen molar-refractivity contribution in [2.24, 2.45) is 5.92 Å². The van der Waals surface area contributed by atoms with Crippen molar-refractivity contribution in [3.8, 4) is 17.2 Å². The summed E-state index contributed by atoms with van der Waals surface area (Å²) in [7, 11) is 1.56. The number of carbonyl (C=O) groups excluding carboxylic acids is 1.